The maximum Gasteiger partial charge on any atom is 0.573 e. The highest BCUT2D eigenvalue weighted by molar-refractivity contribution is 7.90. The molecule has 0 spiro atoms. The van der Waals surface area contributed by atoms with Crippen molar-refractivity contribution in [3.05, 3.63) is 54.1 Å². The topological polar surface area (TPSA) is 66.9 Å². The Balaban J connectivity index is 1.55. The molecule has 1 fully saturated rings. The minimum Gasteiger partial charge on any atom is -0.406 e. The molecule has 1 aliphatic heterocycles. The van der Waals surface area contributed by atoms with Gasteiger partial charge in [-0.3, -0.25) is 9.69 Å². The third-order valence-electron chi connectivity index (χ3n) is 5.17. The van der Waals surface area contributed by atoms with Crippen LogP contribution in [0.3, 0.4) is 0 Å². The molecule has 10 heteroatoms. The summed E-state index contributed by atoms with van der Waals surface area (Å²) in [5.74, 6) is -0.543. The van der Waals surface area contributed by atoms with Crippen molar-refractivity contribution < 1.29 is 31.1 Å². The van der Waals surface area contributed by atoms with Crippen LogP contribution < -0.4 is 4.74 Å². The Labute approximate surface area is 185 Å². The molecule has 1 aliphatic rings. The van der Waals surface area contributed by atoms with Gasteiger partial charge in [0.15, 0.2) is 0 Å². The molecular weight excluding hydrogens is 445 g/mol. The van der Waals surface area contributed by atoms with Crippen LogP contribution in [-0.2, 0) is 21.2 Å². The summed E-state index contributed by atoms with van der Waals surface area (Å²) < 4.78 is 63.4. The van der Waals surface area contributed by atoms with Crippen LogP contribution in [0.4, 0.5) is 13.2 Å². The fourth-order valence-corrected chi connectivity index (χ4v) is 4.09. The van der Waals surface area contributed by atoms with E-state index < -0.39 is 16.2 Å². The lowest BCUT2D eigenvalue weighted by molar-refractivity contribution is -0.274. The minimum absolute atomic E-state index is 0.00762. The van der Waals surface area contributed by atoms with Crippen LogP contribution in [0.15, 0.2) is 48.5 Å². The van der Waals surface area contributed by atoms with Crippen LogP contribution in [-0.4, -0.2) is 68.7 Å². The van der Waals surface area contributed by atoms with E-state index in [2.05, 4.69) is 9.64 Å². The molecule has 174 valence electrons. The van der Waals surface area contributed by atoms with Crippen molar-refractivity contribution in [2.45, 2.75) is 19.3 Å². The zero-order valence-electron chi connectivity index (χ0n) is 17.6. The van der Waals surface area contributed by atoms with Gasteiger partial charge >= 0.3 is 6.36 Å². The monoisotopic (exact) mass is 470 g/mol. The number of amides is 1. The number of carbonyl (C=O) groups excluding carboxylic acids is 1. The second-order valence-electron chi connectivity index (χ2n) is 7.81. The molecule has 0 aliphatic carbocycles. The quantitative estimate of drug-likeness (QED) is 0.621. The second kappa shape index (κ2) is 9.91. The third kappa shape index (κ3) is 7.52. The van der Waals surface area contributed by atoms with E-state index in [1.54, 1.807) is 17.0 Å². The van der Waals surface area contributed by atoms with E-state index in [0.29, 0.717) is 32.7 Å². The lowest BCUT2D eigenvalue weighted by Crippen LogP contribution is -2.48. The van der Waals surface area contributed by atoms with Gasteiger partial charge in [0.05, 0.1) is 5.75 Å². The Morgan fingerprint density at radius 2 is 1.66 bits per heavy atom. The fraction of sp³-hybridized carbons (Fsp3) is 0.409. The Bertz CT molecular complexity index is 1030. The smallest absolute Gasteiger partial charge is 0.406 e. The van der Waals surface area contributed by atoms with Gasteiger partial charge in [-0.1, -0.05) is 30.3 Å². The second-order valence-corrected chi connectivity index (χ2v) is 10.1. The van der Waals surface area contributed by atoms with Gasteiger partial charge < -0.3 is 9.64 Å². The highest BCUT2D eigenvalue weighted by Gasteiger charge is 2.31. The predicted molar refractivity (Wildman–Crippen MR) is 115 cm³/mol. The van der Waals surface area contributed by atoms with Crippen molar-refractivity contribution >= 4 is 15.7 Å². The maximum atomic E-state index is 12.3. The van der Waals surface area contributed by atoms with E-state index in [0.717, 1.165) is 22.9 Å². The van der Waals surface area contributed by atoms with E-state index >= 15 is 0 Å². The molecule has 1 saturated heterocycles. The van der Waals surface area contributed by atoms with E-state index in [-0.39, 0.29) is 23.8 Å². The summed E-state index contributed by atoms with van der Waals surface area (Å²) in [4.78, 5) is 16.1. The number of alkyl halides is 3. The number of hydrogen-bond acceptors (Lipinski definition) is 5. The van der Waals surface area contributed by atoms with Crippen molar-refractivity contribution in [1.29, 1.82) is 0 Å². The van der Waals surface area contributed by atoms with Crippen LogP contribution in [0.1, 0.15) is 12.0 Å². The Hall–Kier alpha value is -2.59. The largest absolute Gasteiger partial charge is 0.573 e. The molecule has 0 N–H and O–H groups in total. The first-order valence-corrected chi connectivity index (χ1v) is 12.2. The summed E-state index contributed by atoms with van der Waals surface area (Å²) in [5, 5.41) is 0. The average Bonchev–Trinajstić information content (AvgIpc) is 2.72. The van der Waals surface area contributed by atoms with Gasteiger partial charge in [0.25, 0.3) is 0 Å². The Morgan fingerprint density at radius 1 is 1.00 bits per heavy atom. The molecule has 0 radical (unpaired) electrons. The lowest BCUT2D eigenvalue weighted by Gasteiger charge is -2.34. The summed E-state index contributed by atoms with van der Waals surface area (Å²) in [6.07, 6.45) is -3.59. The zero-order valence-corrected chi connectivity index (χ0v) is 18.5. The summed E-state index contributed by atoms with van der Waals surface area (Å²) in [6, 6.07) is 13.5. The third-order valence-corrected chi connectivity index (χ3v) is 6.11. The Morgan fingerprint density at radius 3 is 2.25 bits per heavy atom. The van der Waals surface area contributed by atoms with Crippen molar-refractivity contribution in [1.82, 2.24) is 9.80 Å². The van der Waals surface area contributed by atoms with Gasteiger partial charge in [0.2, 0.25) is 5.91 Å². The SMILES string of the molecule is CS(=O)(=O)CCC(=O)N1CCN(Cc2cccc(-c3ccc(OC(F)(F)F)cc3)c2)CC1. The molecule has 0 saturated carbocycles. The minimum atomic E-state index is -4.72. The summed E-state index contributed by atoms with van der Waals surface area (Å²) in [7, 11) is -3.16. The molecular formula is C22H25F3N2O4S. The molecule has 0 unspecified atom stereocenters. The number of sulfone groups is 1. The summed E-state index contributed by atoms with van der Waals surface area (Å²) >= 11 is 0. The van der Waals surface area contributed by atoms with Gasteiger partial charge in [-0.25, -0.2) is 8.42 Å². The standard InChI is InChI=1S/C22H25F3N2O4S/c1-32(29,30)14-9-21(28)27-12-10-26(11-13-27)16-17-3-2-4-19(15-17)18-5-7-20(8-6-18)31-22(23,24)25/h2-8,15H,9-14,16H2,1H3. The van der Waals surface area contributed by atoms with Gasteiger partial charge in [-0.05, 0) is 34.9 Å². The van der Waals surface area contributed by atoms with E-state index in [9.17, 15) is 26.4 Å². The number of hydrogen-bond donors (Lipinski definition) is 0. The van der Waals surface area contributed by atoms with Crippen molar-refractivity contribution in [2.24, 2.45) is 0 Å². The van der Waals surface area contributed by atoms with Crippen LogP contribution >= 0.6 is 0 Å². The highest BCUT2D eigenvalue weighted by atomic mass is 32.2. The number of carbonyl (C=O) groups is 1. The first kappa shape index (κ1) is 24.1. The van der Waals surface area contributed by atoms with E-state index in [4.69, 9.17) is 0 Å². The fourth-order valence-electron chi connectivity index (χ4n) is 3.54. The molecule has 0 atom stereocenters. The average molecular weight is 471 g/mol. The van der Waals surface area contributed by atoms with Crippen LogP contribution in [0.25, 0.3) is 11.1 Å². The molecule has 0 aromatic heterocycles. The Kier molecular flexibility index (Phi) is 7.45. The van der Waals surface area contributed by atoms with Crippen LogP contribution in [0, 0.1) is 0 Å². The molecule has 6 nitrogen and oxygen atoms in total. The van der Waals surface area contributed by atoms with Gasteiger partial charge in [-0.15, -0.1) is 13.2 Å². The number of piperazine rings is 1. The maximum absolute atomic E-state index is 12.3. The van der Waals surface area contributed by atoms with Gasteiger partial charge in [0, 0.05) is 45.4 Å². The molecule has 3 rings (SSSR count). The van der Waals surface area contributed by atoms with E-state index in [1.807, 2.05) is 24.3 Å². The van der Waals surface area contributed by atoms with Crippen LogP contribution in [0.5, 0.6) is 5.75 Å². The normalized spacial score (nSPS) is 15.6. The molecule has 1 amide bonds. The number of halogens is 3. The molecule has 2 aromatic carbocycles. The van der Waals surface area contributed by atoms with Crippen molar-refractivity contribution in [3.63, 3.8) is 0 Å². The lowest BCUT2D eigenvalue weighted by atomic mass is 10.0. The number of rotatable bonds is 7. The van der Waals surface area contributed by atoms with Crippen molar-refractivity contribution in [2.75, 3.05) is 38.2 Å². The summed E-state index contributed by atoms with van der Waals surface area (Å²) in [6.45, 7) is 3.12. The molecule has 0 bridgehead atoms. The predicted octanol–water partition coefficient (Wildman–Crippen LogP) is 3.33. The molecule has 2 aromatic rings. The van der Waals surface area contributed by atoms with E-state index in [1.165, 1.54) is 12.1 Å². The van der Waals surface area contributed by atoms with Gasteiger partial charge in [0.1, 0.15) is 15.6 Å². The van der Waals surface area contributed by atoms with Crippen molar-refractivity contribution in [3.8, 4) is 16.9 Å². The number of benzene rings is 2. The zero-order chi connectivity index (χ0) is 23.4. The summed E-state index contributed by atoms with van der Waals surface area (Å²) in [5.41, 5.74) is 2.72. The van der Waals surface area contributed by atoms with Gasteiger partial charge in [-0.2, -0.15) is 0 Å². The molecule has 32 heavy (non-hydrogen) atoms. The first-order valence-electron chi connectivity index (χ1n) is 10.1. The van der Waals surface area contributed by atoms with Crippen LogP contribution in [0.2, 0.25) is 0 Å². The number of nitrogens with zero attached hydrogens (tertiary/aromatic N) is 2. The first-order chi connectivity index (χ1) is 15.0. The molecule has 1 heterocycles. The highest BCUT2D eigenvalue weighted by Crippen LogP contribution is 2.27. The number of ether oxygens (including phenoxy) is 1.